The maximum atomic E-state index is 12.4. The van der Waals surface area contributed by atoms with Gasteiger partial charge in [0.25, 0.3) is 0 Å². The van der Waals surface area contributed by atoms with Gasteiger partial charge in [0, 0.05) is 36.6 Å². The molecule has 0 atom stereocenters. The van der Waals surface area contributed by atoms with E-state index < -0.39 is 0 Å². The van der Waals surface area contributed by atoms with Crippen LogP contribution in [0.15, 0.2) is 12.1 Å². The van der Waals surface area contributed by atoms with Crippen molar-refractivity contribution >= 4 is 41.5 Å². The third-order valence-corrected chi connectivity index (χ3v) is 7.22. The summed E-state index contributed by atoms with van der Waals surface area (Å²) in [6.45, 7) is 6.00. The molecule has 1 aliphatic heterocycles. The molecule has 0 spiro atoms. The van der Waals surface area contributed by atoms with Crippen LogP contribution in [0, 0.1) is 11.3 Å². The summed E-state index contributed by atoms with van der Waals surface area (Å²) >= 11 is 13.0. The monoisotopic (exact) mass is 460 g/mol. The van der Waals surface area contributed by atoms with Gasteiger partial charge in [-0.15, -0.1) is 12.4 Å². The zero-order chi connectivity index (χ0) is 19.9. The number of nitrogens with zero attached hydrogens (tertiary/aromatic N) is 2. The van der Waals surface area contributed by atoms with E-state index in [4.69, 9.17) is 27.9 Å². The molecule has 7 heteroatoms. The van der Waals surface area contributed by atoms with E-state index in [1.807, 2.05) is 24.1 Å². The second-order valence-corrected chi connectivity index (χ2v) is 10.00. The molecule has 2 aliphatic carbocycles. The quantitative estimate of drug-likeness (QED) is 0.543. The van der Waals surface area contributed by atoms with Crippen LogP contribution in [0.4, 0.5) is 0 Å². The number of amides is 1. The molecule has 1 saturated heterocycles. The van der Waals surface area contributed by atoms with Gasteiger partial charge in [-0.05, 0) is 69.2 Å². The Hall–Kier alpha value is -0.680. The number of ether oxygens (including phenoxy) is 1. The van der Waals surface area contributed by atoms with Gasteiger partial charge in [-0.3, -0.25) is 9.69 Å². The van der Waals surface area contributed by atoms with Crippen molar-refractivity contribution < 1.29 is 9.53 Å². The number of hydrogen-bond acceptors (Lipinski definition) is 3. The fraction of sp³-hybridized carbons (Fsp3) is 0.682. The molecule has 1 heterocycles. The van der Waals surface area contributed by atoms with Crippen LogP contribution in [-0.2, 0) is 11.3 Å². The summed E-state index contributed by atoms with van der Waals surface area (Å²) in [6.07, 6.45) is 6.64. The third-order valence-electron chi connectivity index (χ3n) is 6.57. The van der Waals surface area contributed by atoms with Crippen molar-refractivity contribution in [2.45, 2.75) is 58.1 Å². The topological polar surface area (TPSA) is 32.8 Å². The average molecular weight is 462 g/mol. The van der Waals surface area contributed by atoms with Gasteiger partial charge in [0.15, 0.2) is 0 Å². The minimum atomic E-state index is -0.0878. The Morgan fingerprint density at radius 3 is 2.48 bits per heavy atom. The number of rotatable bonds is 7. The second kappa shape index (κ2) is 9.21. The highest BCUT2D eigenvalue weighted by Gasteiger charge is 2.47. The number of halogens is 3. The van der Waals surface area contributed by atoms with Gasteiger partial charge in [0.1, 0.15) is 5.75 Å². The Bertz CT molecular complexity index is 742. The van der Waals surface area contributed by atoms with Crippen molar-refractivity contribution in [3.8, 4) is 5.75 Å². The molecule has 1 aromatic carbocycles. The molecule has 3 aliphatic rings. The lowest BCUT2D eigenvalue weighted by molar-refractivity contribution is -0.136. The van der Waals surface area contributed by atoms with E-state index in [0.717, 1.165) is 62.4 Å². The van der Waals surface area contributed by atoms with E-state index in [9.17, 15) is 4.79 Å². The SMILES string of the molecule is CN(CC1CC(Oc2cc(Cl)c(CN3CCCC3)cc2Cl)C1)C(=O)C1(C)CC1.Cl. The van der Waals surface area contributed by atoms with Crippen LogP contribution in [0.3, 0.4) is 0 Å². The van der Waals surface area contributed by atoms with Crippen molar-refractivity contribution in [3.63, 3.8) is 0 Å². The number of hydrogen-bond donors (Lipinski definition) is 0. The number of benzene rings is 1. The molecule has 1 amide bonds. The molecular formula is C22H31Cl3N2O2. The highest BCUT2D eigenvalue weighted by Crippen LogP contribution is 2.46. The number of carbonyl (C=O) groups is 1. The molecule has 2 saturated carbocycles. The van der Waals surface area contributed by atoms with Crippen LogP contribution in [-0.4, -0.2) is 48.5 Å². The fourth-order valence-corrected chi connectivity index (χ4v) is 4.84. The first-order valence-electron chi connectivity index (χ1n) is 10.5. The van der Waals surface area contributed by atoms with Crippen LogP contribution in [0.1, 0.15) is 51.0 Å². The minimum absolute atomic E-state index is 0. The van der Waals surface area contributed by atoms with E-state index in [-0.39, 0.29) is 23.9 Å². The Kier molecular flexibility index (Phi) is 7.31. The Labute approximate surface area is 190 Å². The molecule has 0 unspecified atom stereocenters. The molecule has 0 radical (unpaired) electrons. The molecule has 0 aromatic heterocycles. The van der Waals surface area contributed by atoms with Crippen molar-refractivity contribution in [2.24, 2.45) is 11.3 Å². The highest BCUT2D eigenvalue weighted by atomic mass is 35.5. The number of likely N-dealkylation sites (tertiary alicyclic amines) is 1. The van der Waals surface area contributed by atoms with Crippen LogP contribution in [0.5, 0.6) is 5.75 Å². The largest absolute Gasteiger partial charge is 0.489 e. The molecule has 4 rings (SSSR count). The average Bonchev–Trinajstić information content (AvgIpc) is 3.16. The molecule has 0 N–H and O–H groups in total. The zero-order valence-corrected chi connectivity index (χ0v) is 19.6. The van der Waals surface area contributed by atoms with Crippen molar-refractivity contribution in [3.05, 3.63) is 27.7 Å². The molecule has 162 valence electrons. The summed E-state index contributed by atoms with van der Waals surface area (Å²) in [5.41, 5.74) is 0.983. The molecule has 1 aromatic rings. The predicted octanol–water partition coefficient (Wildman–Crippen LogP) is 5.43. The van der Waals surface area contributed by atoms with Gasteiger partial charge in [-0.2, -0.15) is 0 Å². The van der Waals surface area contributed by atoms with E-state index in [2.05, 4.69) is 11.8 Å². The minimum Gasteiger partial charge on any atom is -0.489 e. The standard InChI is InChI=1S/C22H30Cl2N2O2.ClH/c1-22(5-6-22)21(27)25(2)13-15-9-17(10-15)28-20-12-18(23)16(11-19(20)24)14-26-7-3-4-8-26;/h11-12,15,17H,3-10,13-14H2,1-2H3;1H. The first kappa shape index (κ1) is 23.0. The summed E-state index contributed by atoms with van der Waals surface area (Å²) < 4.78 is 6.11. The number of carbonyl (C=O) groups excluding carboxylic acids is 1. The maximum absolute atomic E-state index is 12.4. The first-order chi connectivity index (χ1) is 13.3. The third kappa shape index (κ3) is 5.33. The predicted molar refractivity (Wildman–Crippen MR) is 120 cm³/mol. The van der Waals surface area contributed by atoms with Crippen molar-refractivity contribution in [1.29, 1.82) is 0 Å². The second-order valence-electron chi connectivity index (χ2n) is 9.18. The van der Waals surface area contributed by atoms with E-state index in [1.165, 1.54) is 12.8 Å². The summed E-state index contributed by atoms with van der Waals surface area (Å²) in [6, 6.07) is 3.82. The van der Waals surface area contributed by atoms with Crippen molar-refractivity contribution in [1.82, 2.24) is 9.80 Å². The lowest BCUT2D eigenvalue weighted by atomic mass is 9.81. The highest BCUT2D eigenvalue weighted by molar-refractivity contribution is 6.34. The normalized spacial score (nSPS) is 25.1. The smallest absolute Gasteiger partial charge is 0.228 e. The molecular weight excluding hydrogens is 431 g/mol. The van der Waals surface area contributed by atoms with Crippen LogP contribution in [0.2, 0.25) is 10.0 Å². The van der Waals surface area contributed by atoms with E-state index >= 15 is 0 Å². The van der Waals surface area contributed by atoms with Crippen molar-refractivity contribution in [2.75, 3.05) is 26.7 Å². The van der Waals surface area contributed by atoms with Gasteiger partial charge < -0.3 is 9.64 Å². The zero-order valence-electron chi connectivity index (χ0n) is 17.3. The van der Waals surface area contributed by atoms with E-state index in [0.29, 0.717) is 22.6 Å². The Balaban J connectivity index is 0.00000240. The van der Waals surface area contributed by atoms with Gasteiger partial charge in [0.2, 0.25) is 5.91 Å². The molecule has 29 heavy (non-hydrogen) atoms. The lowest BCUT2D eigenvalue weighted by Gasteiger charge is -2.38. The van der Waals surface area contributed by atoms with Crippen LogP contribution >= 0.6 is 35.6 Å². The van der Waals surface area contributed by atoms with Gasteiger partial charge in [-0.25, -0.2) is 0 Å². The Morgan fingerprint density at radius 2 is 1.86 bits per heavy atom. The summed E-state index contributed by atoms with van der Waals surface area (Å²) in [4.78, 5) is 16.7. The summed E-state index contributed by atoms with van der Waals surface area (Å²) in [5.74, 6) is 1.47. The summed E-state index contributed by atoms with van der Waals surface area (Å²) in [5, 5.41) is 1.36. The van der Waals surface area contributed by atoms with E-state index in [1.54, 1.807) is 0 Å². The molecule has 3 fully saturated rings. The summed E-state index contributed by atoms with van der Waals surface area (Å²) in [7, 11) is 1.93. The van der Waals surface area contributed by atoms with Gasteiger partial charge >= 0.3 is 0 Å². The Morgan fingerprint density at radius 1 is 1.21 bits per heavy atom. The molecule has 0 bridgehead atoms. The van der Waals surface area contributed by atoms with Crippen LogP contribution < -0.4 is 4.74 Å². The molecule has 4 nitrogen and oxygen atoms in total. The fourth-order valence-electron chi connectivity index (χ4n) is 4.39. The lowest BCUT2D eigenvalue weighted by Crippen LogP contribution is -2.43. The first-order valence-corrected chi connectivity index (χ1v) is 11.2. The van der Waals surface area contributed by atoms with Crippen LogP contribution in [0.25, 0.3) is 0 Å². The van der Waals surface area contributed by atoms with Gasteiger partial charge in [-0.1, -0.05) is 30.1 Å². The maximum Gasteiger partial charge on any atom is 0.228 e. The van der Waals surface area contributed by atoms with Gasteiger partial charge in [0.05, 0.1) is 11.1 Å².